The van der Waals surface area contributed by atoms with Crippen molar-refractivity contribution in [2.24, 2.45) is 0 Å². The van der Waals surface area contributed by atoms with Gasteiger partial charge in [0, 0.05) is 9.37 Å². The van der Waals surface area contributed by atoms with Crippen LogP contribution in [0.3, 0.4) is 0 Å². The van der Waals surface area contributed by atoms with Crippen molar-refractivity contribution in [3.63, 3.8) is 0 Å². The number of halogens is 1. The molecule has 0 aliphatic rings. The van der Waals surface area contributed by atoms with Crippen LogP contribution in [0.4, 0.5) is 0 Å². The highest BCUT2D eigenvalue weighted by Crippen LogP contribution is 2.28. The lowest BCUT2D eigenvalue weighted by Gasteiger charge is -2.11. The molecular formula is C13H16BrNO3S. The van der Waals surface area contributed by atoms with Crippen LogP contribution in [0, 0.1) is 13.8 Å². The quantitative estimate of drug-likeness (QED) is 0.805. The number of amides is 1. The second kappa shape index (κ2) is 6.96. The molecule has 2 N–H and O–H groups in total. The number of carboxylic acid groups (broad SMARTS) is 1. The summed E-state index contributed by atoms with van der Waals surface area (Å²) >= 11 is 4.86. The standard InChI is InChI=1S/C13H16BrNO3S/c1-7-5-11(8(2)4-10(7)14)19-6-12(16)15-9(3)13(17)18/h4-5,9H,6H2,1-3H3,(H,15,16)(H,17,18)/t9-/m0/s1. The Morgan fingerprint density at radius 1 is 1.37 bits per heavy atom. The zero-order valence-corrected chi connectivity index (χ0v) is 13.4. The number of benzene rings is 1. The van der Waals surface area contributed by atoms with Gasteiger partial charge in [0.1, 0.15) is 6.04 Å². The summed E-state index contributed by atoms with van der Waals surface area (Å²) in [5.74, 6) is -1.10. The largest absolute Gasteiger partial charge is 0.480 e. The van der Waals surface area contributed by atoms with Gasteiger partial charge in [-0.25, -0.2) is 0 Å². The highest BCUT2D eigenvalue weighted by molar-refractivity contribution is 9.10. The van der Waals surface area contributed by atoms with Crippen molar-refractivity contribution >= 4 is 39.6 Å². The van der Waals surface area contributed by atoms with Gasteiger partial charge in [0.05, 0.1) is 5.75 Å². The highest BCUT2D eigenvalue weighted by atomic mass is 79.9. The number of hydrogen-bond acceptors (Lipinski definition) is 3. The van der Waals surface area contributed by atoms with Crippen molar-refractivity contribution in [3.05, 3.63) is 27.7 Å². The molecule has 19 heavy (non-hydrogen) atoms. The Morgan fingerprint density at radius 3 is 2.58 bits per heavy atom. The van der Waals surface area contributed by atoms with E-state index in [1.165, 1.54) is 18.7 Å². The van der Waals surface area contributed by atoms with Crippen LogP contribution in [0.2, 0.25) is 0 Å². The van der Waals surface area contributed by atoms with Crippen LogP contribution in [0.25, 0.3) is 0 Å². The summed E-state index contributed by atoms with van der Waals surface area (Å²) in [6.07, 6.45) is 0. The number of aryl methyl sites for hydroxylation is 2. The van der Waals surface area contributed by atoms with Gasteiger partial charge in [0.2, 0.25) is 5.91 Å². The zero-order valence-electron chi connectivity index (χ0n) is 11.0. The molecule has 1 aromatic rings. The lowest BCUT2D eigenvalue weighted by molar-refractivity contribution is -0.140. The van der Waals surface area contributed by atoms with E-state index in [9.17, 15) is 9.59 Å². The third-order valence-corrected chi connectivity index (χ3v) is 4.57. The maximum atomic E-state index is 11.6. The van der Waals surface area contributed by atoms with Crippen molar-refractivity contribution in [3.8, 4) is 0 Å². The minimum Gasteiger partial charge on any atom is -0.480 e. The molecule has 1 amide bonds. The number of carbonyl (C=O) groups excluding carboxylic acids is 1. The van der Waals surface area contributed by atoms with Crippen molar-refractivity contribution in [2.45, 2.75) is 31.7 Å². The number of nitrogens with one attached hydrogen (secondary N) is 1. The van der Waals surface area contributed by atoms with Crippen LogP contribution in [-0.2, 0) is 9.59 Å². The van der Waals surface area contributed by atoms with E-state index in [1.54, 1.807) is 0 Å². The predicted octanol–water partition coefficient (Wildman–Crippen LogP) is 2.75. The van der Waals surface area contributed by atoms with Crippen LogP contribution < -0.4 is 5.32 Å². The van der Waals surface area contributed by atoms with E-state index in [0.717, 1.165) is 20.5 Å². The normalized spacial score (nSPS) is 12.0. The Bertz CT molecular complexity index is 505. The van der Waals surface area contributed by atoms with E-state index in [0.29, 0.717) is 0 Å². The van der Waals surface area contributed by atoms with Crippen LogP contribution in [0.1, 0.15) is 18.1 Å². The van der Waals surface area contributed by atoms with E-state index >= 15 is 0 Å². The van der Waals surface area contributed by atoms with E-state index in [2.05, 4.69) is 21.2 Å². The molecule has 0 radical (unpaired) electrons. The smallest absolute Gasteiger partial charge is 0.325 e. The van der Waals surface area contributed by atoms with Crippen molar-refractivity contribution < 1.29 is 14.7 Å². The fraction of sp³-hybridized carbons (Fsp3) is 0.385. The van der Waals surface area contributed by atoms with Gasteiger partial charge in [0.15, 0.2) is 0 Å². The summed E-state index contributed by atoms with van der Waals surface area (Å²) in [5.41, 5.74) is 2.19. The summed E-state index contributed by atoms with van der Waals surface area (Å²) in [7, 11) is 0. The third-order valence-electron chi connectivity index (χ3n) is 2.56. The molecule has 0 unspecified atom stereocenters. The van der Waals surface area contributed by atoms with Gasteiger partial charge in [-0.2, -0.15) is 0 Å². The average molecular weight is 346 g/mol. The number of carboxylic acids is 1. The molecule has 0 aromatic heterocycles. The first kappa shape index (κ1) is 16.0. The summed E-state index contributed by atoms with van der Waals surface area (Å²) in [5, 5.41) is 11.1. The summed E-state index contributed by atoms with van der Waals surface area (Å²) in [4.78, 5) is 23.2. The zero-order chi connectivity index (χ0) is 14.6. The third kappa shape index (κ3) is 4.87. The molecule has 4 nitrogen and oxygen atoms in total. The Hall–Kier alpha value is -1.01. The molecule has 0 aliphatic heterocycles. The number of thioether (sulfide) groups is 1. The number of aliphatic carboxylic acids is 1. The van der Waals surface area contributed by atoms with Gasteiger partial charge in [-0.05, 0) is 44.0 Å². The molecule has 1 aromatic carbocycles. The highest BCUT2D eigenvalue weighted by Gasteiger charge is 2.14. The van der Waals surface area contributed by atoms with E-state index in [4.69, 9.17) is 5.11 Å². The van der Waals surface area contributed by atoms with Crippen LogP contribution in [0.15, 0.2) is 21.5 Å². The second-order valence-corrected chi connectivity index (χ2v) is 6.15. The fourth-order valence-electron chi connectivity index (χ4n) is 1.40. The minimum atomic E-state index is -1.03. The molecule has 0 saturated carbocycles. The minimum absolute atomic E-state index is 0.208. The van der Waals surface area contributed by atoms with E-state index < -0.39 is 12.0 Å². The van der Waals surface area contributed by atoms with Gasteiger partial charge >= 0.3 is 5.97 Å². The summed E-state index contributed by atoms with van der Waals surface area (Å²) in [6.45, 7) is 5.41. The van der Waals surface area contributed by atoms with Crippen molar-refractivity contribution in [2.75, 3.05) is 5.75 Å². The Morgan fingerprint density at radius 2 is 2.00 bits per heavy atom. The lowest BCUT2D eigenvalue weighted by Crippen LogP contribution is -2.39. The molecule has 0 fully saturated rings. The average Bonchev–Trinajstić information content (AvgIpc) is 2.32. The molecule has 0 spiro atoms. The SMILES string of the molecule is Cc1cc(SCC(=O)N[C@@H](C)C(=O)O)c(C)cc1Br. The predicted molar refractivity (Wildman–Crippen MR) is 79.6 cm³/mol. The first-order chi connectivity index (χ1) is 8.81. The van der Waals surface area contributed by atoms with Gasteiger partial charge in [-0.1, -0.05) is 15.9 Å². The van der Waals surface area contributed by atoms with Crippen LogP contribution >= 0.6 is 27.7 Å². The molecule has 0 bridgehead atoms. The Kier molecular flexibility index (Phi) is 5.87. The molecule has 104 valence electrons. The topological polar surface area (TPSA) is 66.4 Å². The number of rotatable bonds is 5. The lowest BCUT2D eigenvalue weighted by atomic mass is 10.2. The van der Waals surface area contributed by atoms with Gasteiger partial charge < -0.3 is 10.4 Å². The molecule has 6 heteroatoms. The van der Waals surface area contributed by atoms with Gasteiger partial charge in [0.25, 0.3) is 0 Å². The van der Waals surface area contributed by atoms with Gasteiger partial charge in [-0.3, -0.25) is 9.59 Å². The van der Waals surface area contributed by atoms with E-state index in [1.807, 2.05) is 26.0 Å². The maximum absolute atomic E-state index is 11.6. The summed E-state index contributed by atoms with van der Waals surface area (Å²) in [6, 6.07) is 3.16. The number of carbonyl (C=O) groups is 2. The van der Waals surface area contributed by atoms with Crippen molar-refractivity contribution in [1.82, 2.24) is 5.32 Å². The van der Waals surface area contributed by atoms with Crippen molar-refractivity contribution in [1.29, 1.82) is 0 Å². The fourth-order valence-corrected chi connectivity index (χ4v) is 2.77. The molecular weight excluding hydrogens is 330 g/mol. The molecule has 0 saturated heterocycles. The molecule has 0 aliphatic carbocycles. The molecule has 1 atom stereocenters. The first-order valence-corrected chi connectivity index (χ1v) is 7.51. The van der Waals surface area contributed by atoms with E-state index in [-0.39, 0.29) is 11.7 Å². The Balaban J connectivity index is 2.60. The monoisotopic (exact) mass is 345 g/mol. The van der Waals surface area contributed by atoms with Gasteiger partial charge in [-0.15, -0.1) is 11.8 Å². The van der Waals surface area contributed by atoms with Crippen LogP contribution in [-0.4, -0.2) is 28.8 Å². The summed E-state index contributed by atoms with van der Waals surface area (Å²) < 4.78 is 1.04. The maximum Gasteiger partial charge on any atom is 0.325 e. The second-order valence-electron chi connectivity index (χ2n) is 4.28. The Labute approximate surface area is 125 Å². The molecule has 1 rings (SSSR count). The van der Waals surface area contributed by atoms with Crippen LogP contribution in [0.5, 0.6) is 0 Å². The molecule has 0 heterocycles. The first-order valence-electron chi connectivity index (χ1n) is 5.73. The number of hydrogen-bond donors (Lipinski definition) is 2.